The van der Waals surface area contributed by atoms with Crippen molar-refractivity contribution in [3.05, 3.63) is 68.4 Å². The maximum absolute atomic E-state index is 12.5. The molecule has 136 valence electrons. The number of hydrogen-bond acceptors (Lipinski definition) is 5. The van der Waals surface area contributed by atoms with Crippen LogP contribution in [-0.2, 0) is 17.8 Å². The summed E-state index contributed by atoms with van der Waals surface area (Å²) in [5.74, 6) is 0. The van der Waals surface area contributed by atoms with Crippen molar-refractivity contribution in [2.24, 2.45) is 0 Å². The van der Waals surface area contributed by atoms with Crippen LogP contribution in [0.15, 0.2) is 46.7 Å². The summed E-state index contributed by atoms with van der Waals surface area (Å²) in [6.45, 7) is 5.20. The highest BCUT2D eigenvalue weighted by atomic mass is 32.1. The van der Waals surface area contributed by atoms with Gasteiger partial charge in [-0.15, -0.1) is 11.3 Å². The molecule has 0 unspecified atom stereocenters. The van der Waals surface area contributed by atoms with Crippen LogP contribution < -0.4 is 5.56 Å². The quantitative estimate of drug-likeness (QED) is 0.669. The third kappa shape index (κ3) is 4.03. The Morgan fingerprint density at radius 2 is 2.27 bits per heavy atom. The van der Waals surface area contributed by atoms with Gasteiger partial charge < -0.3 is 4.74 Å². The van der Waals surface area contributed by atoms with E-state index < -0.39 is 0 Å². The third-order valence-corrected chi connectivity index (χ3v) is 5.55. The van der Waals surface area contributed by atoms with Crippen LogP contribution >= 0.6 is 11.3 Å². The van der Waals surface area contributed by atoms with Gasteiger partial charge in [0.25, 0.3) is 5.56 Å². The Balaban J connectivity index is 1.58. The summed E-state index contributed by atoms with van der Waals surface area (Å²) in [7, 11) is 0. The topological polar surface area (TPSA) is 46.8 Å². The van der Waals surface area contributed by atoms with Crippen molar-refractivity contribution in [1.29, 1.82) is 0 Å². The number of nitrogens with zero attached hydrogens (tertiary/aromatic N) is 3. The molecule has 1 saturated heterocycles. The minimum Gasteiger partial charge on any atom is -0.377 e. The summed E-state index contributed by atoms with van der Waals surface area (Å²) in [4.78, 5) is 20.8. The second kappa shape index (κ2) is 7.70. The molecule has 0 amide bonds. The van der Waals surface area contributed by atoms with E-state index in [1.54, 1.807) is 21.8 Å². The number of aryl methyl sites for hydroxylation is 1. The first-order valence-corrected chi connectivity index (χ1v) is 9.90. The molecule has 0 radical (unpaired) electrons. The largest absolute Gasteiger partial charge is 0.377 e. The monoisotopic (exact) mass is 369 g/mol. The third-order valence-electron chi connectivity index (χ3n) is 4.69. The minimum absolute atomic E-state index is 0.0260. The van der Waals surface area contributed by atoms with Crippen LogP contribution in [0.1, 0.15) is 29.0 Å². The summed E-state index contributed by atoms with van der Waals surface area (Å²) in [5.41, 5.74) is 2.54. The van der Waals surface area contributed by atoms with Crippen molar-refractivity contribution < 1.29 is 4.74 Å². The second-order valence-corrected chi connectivity index (χ2v) is 7.94. The minimum atomic E-state index is -0.0260. The van der Waals surface area contributed by atoms with E-state index in [4.69, 9.17) is 9.72 Å². The SMILES string of the molecule is Cc1ccc2nc(CN(Cc3cccs3)C[C@H]3CCCO3)cc(=O)n2c1. The summed E-state index contributed by atoms with van der Waals surface area (Å²) < 4.78 is 7.44. The molecule has 5 nitrogen and oxygen atoms in total. The number of pyridine rings is 1. The Bertz CT molecular complexity index is 930. The van der Waals surface area contributed by atoms with Crippen molar-refractivity contribution in [2.75, 3.05) is 13.2 Å². The van der Waals surface area contributed by atoms with E-state index >= 15 is 0 Å². The molecular weight excluding hydrogens is 346 g/mol. The van der Waals surface area contributed by atoms with Gasteiger partial charge in [-0.3, -0.25) is 14.1 Å². The lowest BCUT2D eigenvalue weighted by atomic mass is 10.2. The summed E-state index contributed by atoms with van der Waals surface area (Å²) in [6, 6.07) is 9.78. The van der Waals surface area contributed by atoms with E-state index in [-0.39, 0.29) is 11.7 Å². The fourth-order valence-electron chi connectivity index (χ4n) is 3.45. The van der Waals surface area contributed by atoms with Crippen LogP contribution in [0.2, 0.25) is 0 Å². The van der Waals surface area contributed by atoms with Crippen LogP contribution in [0.5, 0.6) is 0 Å². The maximum atomic E-state index is 12.5. The first kappa shape index (κ1) is 17.4. The molecule has 1 aliphatic heterocycles. The average molecular weight is 369 g/mol. The Kier molecular flexibility index (Phi) is 5.15. The molecule has 4 heterocycles. The maximum Gasteiger partial charge on any atom is 0.258 e. The fourth-order valence-corrected chi connectivity index (χ4v) is 4.20. The van der Waals surface area contributed by atoms with E-state index in [0.29, 0.717) is 12.2 Å². The van der Waals surface area contributed by atoms with Gasteiger partial charge in [0, 0.05) is 43.4 Å². The molecule has 0 N–H and O–H groups in total. The molecule has 0 spiro atoms. The summed E-state index contributed by atoms with van der Waals surface area (Å²) in [5, 5.41) is 2.10. The van der Waals surface area contributed by atoms with Crippen LogP contribution in [0.3, 0.4) is 0 Å². The molecule has 1 fully saturated rings. The average Bonchev–Trinajstić information content (AvgIpc) is 3.30. The Labute approximate surface area is 156 Å². The number of rotatable bonds is 6. The zero-order valence-corrected chi connectivity index (χ0v) is 15.7. The highest BCUT2D eigenvalue weighted by Crippen LogP contribution is 2.18. The zero-order chi connectivity index (χ0) is 17.9. The zero-order valence-electron chi connectivity index (χ0n) is 14.9. The molecular formula is C20H23N3O2S. The normalized spacial score (nSPS) is 17.4. The second-order valence-electron chi connectivity index (χ2n) is 6.90. The van der Waals surface area contributed by atoms with Crippen LogP contribution in [0.25, 0.3) is 5.65 Å². The molecule has 1 aliphatic rings. The van der Waals surface area contributed by atoms with Crippen molar-refractivity contribution in [3.8, 4) is 0 Å². The van der Waals surface area contributed by atoms with Gasteiger partial charge in [-0.2, -0.15) is 0 Å². The lowest BCUT2D eigenvalue weighted by Gasteiger charge is -2.24. The Hall–Kier alpha value is -2.02. The molecule has 0 bridgehead atoms. The van der Waals surface area contributed by atoms with Crippen LogP contribution in [0, 0.1) is 6.92 Å². The Morgan fingerprint density at radius 1 is 1.35 bits per heavy atom. The molecule has 3 aromatic heterocycles. The van der Waals surface area contributed by atoms with Gasteiger partial charge in [-0.05, 0) is 42.8 Å². The lowest BCUT2D eigenvalue weighted by Crippen LogP contribution is -2.32. The Morgan fingerprint density at radius 3 is 3.04 bits per heavy atom. The van der Waals surface area contributed by atoms with E-state index in [9.17, 15) is 4.79 Å². The molecule has 1 atom stereocenters. The van der Waals surface area contributed by atoms with E-state index in [2.05, 4.69) is 22.4 Å². The van der Waals surface area contributed by atoms with Gasteiger partial charge in [-0.25, -0.2) is 4.98 Å². The van der Waals surface area contributed by atoms with Gasteiger partial charge in [-0.1, -0.05) is 12.1 Å². The number of aromatic nitrogens is 2. The molecule has 26 heavy (non-hydrogen) atoms. The molecule has 6 heteroatoms. The number of thiophene rings is 1. The van der Waals surface area contributed by atoms with Gasteiger partial charge >= 0.3 is 0 Å². The highest BCUT2D eigenvalue weighted by molar-refractivity contribution is 7.09. The molecule has 0 saturated carbocycles. The first-order chi connectivity index (χ1) is 12.7. The summed E-state index contributed by atoms with van der Waals surface area (Å²) in [6.07, 6.45) is 4.35. The van der Waals surface area contributed by atoms with Gasteiger partial charge in [0.15, 0.2) is 0 Å². The van der Waals surface area contributed by atoms with Gasteiger partial charge in [0.2, 0.25) is 0 Å². The predicted molar refractivity (Wildman–Crippen MR) is 104 cm³/mol. The van der Waals surface area contributed by atoms with E-state index in [1.165, 1.54) is 4.88 Å². The number of hydrogen-bond donors (Lipinski definition) is 0. The molecule has 0 aromatic carbocycles. The lowest BCUT2D eigenvalue weighted by molar-refractivity contribution is 0.0678. The smallest absolute Gasteiger partial charge is 0.258 e. The van der Waals surface area contributed by atoms with Crippen molar-refractivity contribution in [3.63, 3.8) is 0 Å². The number of fused-ring (bicyclic) bond motifs is 1. The number of ether oxygens (including phenoxy) is 1. The van der Waals surface area contributed by atoms with Crippen LogP contribution in [-0.4, -0.2) is 33.5 Å². The molecule has 4 rings (SSSR count). The van der Waals surface area contributed by atoms with Crippen molar-refractivity contribution in [2.45, 2.75) is 39.0 Å². The predicted octanol–water partition coefficient (Wildman–Crippen LogP) is 3.25. The van der Waals surface area contributed by atoms with Crippen LogP contribution in [0.4, 0.5) is 0 Å². The van der Waals surface area contributed by atoms with Crippen molar-refractivity contribution in [1.82, 2.24) is 14.3 Å². The van der Waals surface area contributed by atoms with E-state index in [1.807, 2.05) is 25.3 Å². The summed E-state index contributed by atoms with van der Waals surface area (Å²) >= 11 is 1.76. The first-order valence-electron chi connectivity index (χ1n) is 9.03. The van der Waals surface area contributed by atoms with E-state index in [0.717, 1.165) is 43.8 Å². The van der Waals surface area contributed by atoms with Crippen molar-refractivity contribution >= 4 is 17.0 Å². The van der Waals surface area contributed by atoms with Gasteiger partial charge in [0.05, 0.1) is 11.8 Å². The standard InChI is InChI=1S/C20H23N3O2S/c1-15-6-7-19-21-16(10-20(24)23(19)11-15)12-22(13-17-4-2-8-25-17)14-18-5-3-9-26-18/h3,5-7,9-11,17H,2,4,8,12-14H2,1H3/t17-/m1/s1. The fraction of sp³-hybridized carbons (Fsp3) is 0.400. The molecule has 0 aliphatic carbocycles. The highest BCUT2D eigenvalue weighted by Gasteiger charge is 2.20. The van der Waals surface area contributed by atoms with Gasteiger partial charge in [0.1, 0.15) is 5.65 Å². The molecule has 3 aromatic rings.